The molecular weight excluding hydrogens is 450 g/mol. The van der Waals surface area contributed by atoms with Crippen molar-refractivity contribution in [2.75, 3.05) is 18.5 Å². The van der Waals surface area contributed by atoms with E-state index in [9.17, 15) is 19.5 Å². The molecule has 9 heteroatoms. The second-order valence-corrected chi connectivity index (χ2v) is 11.1. The van der Waals surface area contributed by atoms with E-state index in [1.54, 1.807) is 43.0 Å². The Kier molecular flexibility index (Phi) is 6.49. The summed E-state index contributed by atoms with van der Waals surface area (Å²) in [5.74, 6) is -1.56. The van der Waals surface area contributed by atoms with Crippen molar-refractivity contribution in [1.82, 2.24) is 10.2 Å². The zero-order chi connectivity index (χ0) is 23.2. The summed E-state index contributed by atoms with van der Waals surface area (Å²) < 4.78 is -0.699. The number of thioether (sulfide) groups is 1. The summed E-state index contributed by atoms with van der Waals surface area (Å²) in [6.45, 7) is 6.11. The van der Waals surface area contributed by atoms with Crippen LogP contribution in [0.5, 0.6) is 0 Å². The van der Waals surface area contributed by atoms with Gasteiger partial charge in [0.2, 0.25) is 17.7 Å². The number of aliphatic hydroxyl groups is 1. The lowest BCUT2D eigenvalue weighted by Gasteiger charge is -2.39. The molecule has 1 aromatic carbocycles. The Hall–Kier alpha value is -1.77. The van der Waals surface area contributed by atoms with Gasteiger partial charge in [-0.3, -0.25) is 14.4 Å². The lowest BCUT2D eigenvalue weighted by Crippen LogP contribution is -2.56. The standard InChI is InChI=1S/C23H30ClN3O4S/c1-4-9-25-20(29)17-16-10-12(2)23(32-16)18(17)22(31)27(13(3)11-28)19(23)21(30)26-15-7-5-14(24)6-8-15/h5-8,12-13,16-19,28H,4,9-11H2,1-3H3,(H,25,29)(H,26,30)/t12?,13-,16-,17+,18+,19?,23?/m1/s1. The van der Waals surface area contributed by atoms with Crippen molar-refractivity contribution in [2.24, 2.45) is 17.8 Å². The van der Waals surface area contributed by atoms with Crippen molar-refractivity contribution >= 4 is 46.8 Å². The van der Waals surface area contributed by atoms with Gasteiger partial charge in [-0.15, -0.1) is 11.8 Å². The van der Waals surface area contributed by atoms with Crippen LogP contribution in [-0.4, -0.2) is 63.0 Å². The van der Waals surface area contributed by atoms with Crippen LogP contribution in [-0.2, 0) is 14.4 Å². The Labute approximate surface area is 197 Å². The topological polar surface area (TPSA) is 98.7 Å². The molecule has 3 N–H and O–H groups in total. The van der Waals surface area contributed by atoms with E-state index in [0.29, 0.717) is 17.3 Å². The predicted molar refractivity (Wildman–Crippen MR) is 125 cm³/mol. The third-order valence-corrected chi connectivity index (χ3v) is 9.46. The van der Waals surface area contributed by atoms with Gasteiger partial charge in [-0.2, -0.15) is 0 Å². The largest absolute Gasteiger partial charge is 0.394 e. The van der Waals surface area contributed by atoms with E-state index in [1.165, 1.54) is 4.90 Å². The number of carbonyl (C=O) groups is 3. The number of benzene rings is 1. The Morgan fingerprint density at radius 1 is 1.31 bits per heavy atom. The summed E-state index contributed by atoms with van der Waals surface area (Å²) >= 11 is 7.59. The molecule has 3 heterocycles. The Morgan fingerprint density at radius 3 is 2.62 bits per heavy atom. The van der Waals surface area contributed by atoms with Crippen LogP contribution in [0.3, 0.4) is 0 Å². The molecule has 1 spiro atoms. The van der Waals surface area contributed by atoms with Gasteiger partial charge in [0.15, 0.2) is 0 Å². The van der Waals surface area contributed by atoms with Crippen molar-refractivity contribution in [3.8, 4) is 0 Å². The molecular formula is C23H30ClN3O4S. The number of halogens is 1. The fourth-order valence-electron chi connectivity index (χ4n) is 5.73. The van der Waals surface area contributed by atoms with E-state index in [0.717, 1.165) is 12.8 Å². The summed E-state index contributed by atoms with van der Waals surface area (Å²) in [7, 11) is 0. The van der Waals surface area contributed by atoms with E-state index in [1.807, 2.05) is 6.92 Å². The molecule has 0 radical (unpaired) electrons. The number of amides is 3. The van der Waals surface area contributed by atoms with Gasteiger partial charge in [-0.05, 0) is 49.9 Å². The van der Waals surface area contributed by atoms with E-state index in [2.05, 4.69) is 17.6 Å². The monoisotopic (exact) mass is 479 g/mol. The molecule has 0 aliphatic carbocycles. The first kappa shape index (κ1) is 23.4. The maximum Gasteiger partial charge on any atom is 0.248 e. The number of fused-ring (bicyclic) bond motifs is 1. The number of rotatable bonds is 7. The maximum atomic E-state index is 13.7. The predicted octanol–water partition coefficient (Wildman–Crippen LogP) is 2.52. The van der Waals surface area contributed by atoms with Gasteiger partial charge in [0, 0.05) is 22.5 Å². The summed E-state index contributed by atoms with van der Waals surface area (Å²) in [5, 5.41) is 16.4. The van der Waals surface area contributed by atoms with Crippen molar-refractivity contribution in [1.29, 1.82) is 0 Å². The molecule has 3 aliphatic heterocycles. The number of hydrogen-bond acceptors (Lipinski definition) is 5. The van der Waals surface area contributed by atoms with Gasteiger partial charge in [0.25, 0.3) is 0 Å². The Balaban J connectivity index is 1.72. The number of aliphatic hydroxyl groups excluding tert-OH is 1. The molecule has 4 rings (SSSR count). The molecule has 2 bridgehead atoms. The van der Waals surface area contributed by atoms with Crippen LogP contribution in [0.15, 0.2) is 24.3 Å². The smallest absolute Gasteiger partial charge is 0.248 e. The summed E-state index contributed by atoms with van der Waals surface area (Å²) in [6.07, 6.45) is 1.60. The van der Waals surface area contributed by atoms with Gasteiger partial charge in [-0.25, -0.2) is 0 Å². The van der Waals surface area contributed by atoms with Crippen LogP contribution in [0.2, 0.25) is 5.02 Å². The van der Waals surface area contributed by atoms with Crippen LogP contribution in [0.25, 0.3) is 0 Å². The number of anilines is 1. The molecule has 0 aromatic heterocycles. The number of hydrogen-bond donors (Lipinski definition) is 3. The van der Waals surface area contributed by atoms with Crippen LogP contribution in [0.4, 0.5) is 5.69 Å². The second-order valence-electron chi connectivity index (χ2n) is 9.12. The highest BCUT2D eigenvalue weighted by atomic mass is 35.5. The zero-order valence-electron chi connectivity index (χ0n) is 18.5. The fourth-order valence-corrected chi connectivity index (χ4v) is 8.27. The minimum absolute atomic E-state index is 0.00761. The molecule has 0 saturated carbocycles. The summed E-state index contributed by atoms with van der Waals surface area (Å²) in [5.41, 5.74) is 0.589. The first-order valence-corrected chi connectivity index (χ1v) is 12.5. The molecule has 3 fully saturated rings. The normalized spacial score (nSPS) is 33.8. The highest BCUT2D eigenvalue weighted by molar-refractivity contribution is 8.02. The SMILES string of the molecule is CCCNC(=O)[C@@H]1[C@H]2C(=O)N([C@H](C)CO)C(C(=O)Nc3ccc(Cl)cc3)C23S[C@@H]1CC3C. The van der Waals surface area contributed by atoms with E-state index < -0.39 is 28.7 Å². The lowest BCUT2D eigenvalue weighted by molar-refractivity contribution is -0.141. The molecule has 174 valence electrons. The highest BCUT2D eigenvalue weighted by Crippen LogP contribution is 2.68. The molecule has 32 heavy (non-hydrogen) atoms. The summed E-state index contributed by atoms with van der Waals surface area (Å²) in [6, 6.07) is 5.52. The first-order chi connectivity index (χ1) is 15.3. The molecule has 7 atom stereocenters. The Morgan fingerprint density at radius 2 is 2.00 bits per heavy atom. The molecule has 7 nitrogen and oxygen atoms in total. The molecule has 3 aliphatic rings. The minimum Gasteiger partial charge on any atom is -0.394 e. The number of nitrogens with zero attached hydrogens (tertiary/aromatic N) is 1. The maximum absolute atomic E-state index is 13.7. The third-order valence-electron chi connectivity index (χ3n) is 7.13. The van der Waals surface area contributed by atoms with Crippen LogP contribution in [0, 0.1) is 17.8 Å². The fraction of sp³-hybridized carbons (Fsp3) is 0.609. The lowest BCUT2D eigenvalue weighted by atomic mass is 9.66. The number of nitrogens with one attached hydrogen (secondary N) is 2. The van der Waals surface area contributed by atoms with Gasteiger partial charge in [-0.1, -0.05) is 25.4 Å². The molecule has 3 saturated heterocycles. The molecule has 3 unspecified atom stereocenters. The van der Waals surface area contributed by atoms with Gasteiger partial charge in [0.1, 0.15) is 6.04 Å². The van der Waals surface area contributed by atoms with E-state index >= 15 is 0 Å². The van der Waals surface area contributed by atoms with Crippen molar-refractivity contribution in [3.05, 3.63) is 29.3 Å². The molecule has 3 amide bonds. The van der Waals surface area contributed by atoms with Gasteiger partial charge >= 0.3 is 0 Å². The van der Waals surface area contributed by atoms with Gasteiger partial charge in [0.05, 0.1) is 29.2 Å². The van der Waals surface area contributed by atoms with Crippen LogP contribution in [0.1, 0.15) is 33.6 Å². The average Bonchev–Trinajstić information content (AvgIpc) is 3.36. The van der Waals surface area contributed by atoms with Gasteiger partial charge < -0.3 is 20.6 Å². The van der Waals surface area contributed by atoms with E-state index in [4.69, 9.17) is 11.6 Å². The van der Waals surface area contributed by atoms with Crippen molar-refractivity contribution in [3.63, 3.8) is 0 Å². The number of likely N-dealkylation sites (tertiary alicyclic amines) is 1. The second kappa shape index (κ2) is 8.88. The van der Waals surface area contributed by atoms with Crippen LogP contribution >= 0.6 is 23.4 Å². The molecule has 1 aromatic rings. The number of carbonyl (C=O) groups excluding carboxylic acids is 3. The minimum atomic E-state index is -0.771. The first-order valence-electron chi connectivity index (χ1n) is 11.2. The quantitative estimate of drug-likeness (QED) is 0.558. The summed E-state index contributed by atoms with van der Waals surface area (Å²) in [4.78, 5) is 42.0. The van der Waals surface area contributed by atoms with E-state index in [-0.39, 0.29) is 35.5 Å². The van der Waals surface area contributed by atoms with Crippen molar-refractivity contribution in [2.45, 2.75) is 55.7 Å². The average molecular weight is 480 g/mol. The third kappa shape index (κ3) is 3.51. The van der Waals surface area contributed by atoms with Crippen molar-refractivity contribution < 1.29 is 19.5 Å². The van der Waals surface area contributed by atoms with Crippen LogP contribution < -0.4 is 10.6 Å². The highest BCUT2D eigenvalue weighted by Gasteiger charge is 2.76. The zero-order valence-corrected chi connectivity index (χ0v) is 20.1. The Bertz CT molecular complexity index is 913.